The lowest BCUT2D eigenvalue weighted by atomic mass is 10.2. The Bertz CT molecular complexity index is 610. The maximum atomic E-state index is 11.7. The van der Waals surface area contributed by atoms with Gasteiger partial charge in [0.15, 0.2) is 9.84 Å². The average Bonchev–Trinajstić information content (AvgIpc) is 2.38. The Morgan fingerprint density at radius 2 is 1.95 bits per heavy atom. The minimum Gasteiger partial charge on any atom is -0.478 e. The number of carboxylic acids is 1. The highest BCUT2D eigenvalue weighted by Crippen LogP contribution is 2.11. The Kier molecular flexibility index (Phi) is 6.36. The second kappa shape index (κ2) is 7.78. The lowest BCUT2D eigenvalue weighted by Gasteiger charge is -2.07. The standard InChI is InChI=1S/C14H19NO5S/c1-2-3-4-8-21(19,20)10-13(16)15-12-7-5-6-11(9-12)14(17)18/h5-7,9H,2-4,8,10H2,1H3,(H,15,16)(H,17,18). The van der Waals surface area contributed by atoms with Crippen LogP contribution in [0, 0.1) is 0 Å². The zero-order valence-corrected chi connectivity index (χ0v) is 12.6. The number of hydrogen-bond acceptors (Lipinski definition) is 4. The van der Waals surface area contributed by atoms with Crippen LogP contribution in [0.5, 0.6) is 0 Å². The molecule has 1 rings (SSSR count). The fourth-order valence-electron chi connectivity index (χ4n) is 1.77. The van der Waals surface area contributed by atoms with E-state index < -0.39 is 27.5 Å². The number of sulfone groups is 1. The van der Waals surface area contributed by atoms with Gasteiger partial charge in [0.25, 0.3) is 0 Å². The van der Waals surface area contributed by atoms with Gasteiger partial charge in [-0.2, -0.15) is 0 Å². The normalized spacial score (nSPS) is 11.1. The molecular formula is C14H19NO5S. The number of carboxylic acid groups (broad SMARTS) is 1. The van der Waals surface area contributed by atoms with Gasteiger partial charge in [0.1, 0.15) is 5.75 Å². The summed E-state index contributed by atoms with van der Waals surface area (Å²) in [5, 5.41) is 11.2. The Morgan fingerprint density at radius 1 is 1.24 bits per heavy atom. The summed E-state index contributed by atoms with van der Waals surface area (Å²) < 4.78 is 23.5. The van der Waals surface area contributed by atoms with Gasteiger partial charge in [0.05, 0.1) is 11.3 Å². The molecule has 0 unspecified atom stereocenters. The molecule has 7 heteroatoms. The summed E-state index contributed by atoms with van der Waals surface area (Å²) >= 11 is 0. The quantitative estimate of drug-likeness (QED) is 0.714. The van der Waals surface area contributed by atoms with Crippen LogP contribution in [0.1, 0.15) is 36.5 Å². The van der Waals surface area contributed by atoms with Crippen molar-refractivity contribution < 1.29 is 23.1 Å². The molecule has 0 radical (unpaired) electrons. The molecule has 0 aromatic heterocycles. The molecule has 21 heavy (non-hydrogen) atoms. The van der Waals surface area contributed by atoms with Gasteiger partial charge in [-0.3, -0.25) is 4.79 Å². The number of hydrogen-bond donors (Lipinski definition) is 2. The predicted molar refractivity (Wildman–Crippen MR) is 80.2 cm³/mol. The minimum atomic E-state index is -3.43. The molecule has 1 aromatic carbocycles. The highest BCUT2D eigenvalue weighted by atomic mass is 32.2. The van der Waals surface area contributed by atoms with E-state index in [9.17, 15) is 18.0 Å². The van der Waals surface area contributed by atoms with E-state index in [0.717, 1.165) is 12.8 Å². The highest BCUT2D eigenvalue weighted by Gasteiger charge is 2.16. The zero-order valence-electron chi connectivity index (χ0n) is 11.8. The lowest BCUT2D eigenvalue weighted by Crippen LogP contribution is -2.24. The molecule has 0 spiro atoms. The van der Waals surface area contributed by atoms with E-state index in [0.29, 0.717) is 6.42 Å². The summed E-state index contributed by atoms with van der Waals surface area (Å²) in [6, 6.07) is 5.66. The van der Waals surface area contributed by atoms with Crippen molar-refractivity contribution in [1.29, 1.82) is 0 Å². The fraction of sp³-hybridized carbons (Fsp3) is 0.429. The van der Waals surface area contributed by atoms with Gasteiger partial charge >= 0.3 is 5.97 Å². The van der Waals surface area contributed by atoms with Crippen molar-refractivity contribution in [3.8, 4) is 0 Å². The van der Waals surface area contributed by atoms with Crippen LogP contribution in [0.4, 0.5) is 5.69 Å². The van der Waals surface area contributed by atoms with E-state index in [-0.39, 0.29) is 17.0 Å². The van der Waals surface area contributed by atoms with Crippen LogP contribution in [0.15, 0.2) is 24.3 Å². The number of carbonyl (C=O) groups is 2. The summed E-state index contributed by atoms with van der Waals surface area (Å²) in [6.07, 6.45) is 2.26. The number of amides is 1. The Labute approximate surface area is 124 Å². The first-order valence-electron chi connectivity index (χ1n) is 6.67. The molecule has 2 N–H and O–H groups in total. The predicted octanol–water partition coefficient (Wildman–Crippen LogP) is 1.93. The monoisotopic (exact) mass is 313 g/mol. The third-order valence-corrected chi connectivity index (χ3v) is 4.42. The van der Waals surface area contributed by atoms with E-state index >= 15 is 0 Å². The first-order chi connectivity index (χ1) is 9.84. The van der Waals surface area contributed by atoms with Crippen LogP contribution in [0.25, 0.3) is 0 Å². The molecule has 0 bridgehead atoms. The Morgan fingerprint density at radius 3 is 2.57 bits per heavy atom. The summed E-state index contributed by atoms with van der Waals surface area (Å²) in [7, 11) is -3.43. The van der Waals surface area contributed by atoms with Gasteiger partial charge in [-0.15, -0.1) is 0 Å². The SMILES string of the molecule is CCCCCS(=O)(=O)CC(=O)Nc1cccc(C(=O)O)c1. The molecule has 1 amide bonds. The summed E-state index contributed by atoms with van der Waals surface area (Å²) in [6.45, 7) is 1.97. The van der Waals surface area contributed by atoms with Crippen LogP contribution in [0.3, 0.4) is 0 Å². The van der Waals surface area contributed by atoms with Crippen LogP contribution in [-0.4, -0.2) is 36.9 Å². The number of rotatable bonds is 8. The molecule has 0 heterocycles. The topological polar surface area (TPSA) is 101 Å². The van der Waals surface area contributed by atoms with E-state index in [4.69, 9.17) is 5.11 Å². The minimum absolute atomic E-state index is 0.0105. The van der Waals surface area contributed by atoms with E-state index in [1.54, 1.807) is 0 Å². The van der Waals surface area contributed by atoms with Crippen molar-refractivity contribution in [3.63, 3.8) is 0 Å². The van der Waals surface area contributed by atoms with Crippen molar-refractivity contribution in [3.05, 3.63) is 29.8 Å². The third kappa shape index (κ3) is 6.40. The van der Waals surface area contributed by atoms with Crippen molar-refractivity contribution in [2.75, 3.05) is 16.8 Å². The van der Waals surface area contributed by atoms with Crippen LogP contribution < -0.4 is 5.32 Å². The van der Waals surface area contributed by atoms with Crippen LogP contribution in [0.2, 0.25) is 0 Å². The molecule has 0 aliphatic carbocycles. The summed E-state index contributed by atoms with van der Waals surface area (Å²) in [4.78, 5) is 22.5. The summed E-state index contributed by atoms with van der Waals surface area (Å²) in [5.74, 6) is -2.37. The largest absolute Gasteiger partial charge is 0.478 e. The van der Waals surface area contributed by atoms with Gasteiger partial charge in [0.2, 0.25) is 5.91 Å². The summed E-state index contributed by atoms with van der Waals surface area (Å²) in [5.41, 5.74) is 0.294. The second-order valence-corrected chi connectivity index (χ2v) is 6.92. The average molecular weight is 313 g/mol. The third-order valence-electron chi connectivity index (χ3n) is 2.80. The highest BCUT2D eigenvalue weighted by molar-refractivity contribution is 7.92. The number of unbranched alkanes of at least 4 members (excludes halogenated alkanes) is 2. The van der Waals surface area contributed by atoms with Crippen LogP contribution in [-0.2, 0) is 14.6 Å². The number of carbonyl (C=O) groups excluding carboxylic acids is 1. The van der Waals surface area contributed by atoms with Crippen molar-refractivity contribution in [2.24, 2.45) is 0 Å². The molecule has 1 aromatic rings. The Hall–Kier alpha value is -1.89. The molecular weight excluding hydrogens is 294 g/mol. The molecule has 0 atom stereocenters. The lowest BCUT2D eigenvalue weighted by molar-refractivity contribution is -0.113. The zero-order chi connectivity index (χ0) is 15.9. The molecule has 116 valence electrons. The van der Waals surface area contributed by atoms with E-state index in [1.807, 2.05) is 6.92 Å². The smallest absolute Gasteiger partial charge is 0.335 e. The van der Waals surface area contributed by atoms with Crippen molar-refractivity contribution in [2.45, 2.75) is 26.2 Å². The van der Waals surface area contributed by atoms with E-state index in [1.165, 1.54) is 24.3 Å². The second-order valence-electron chi connectivity index (χ2n) is 4.73. The van der Waals surface area contributed by atoms with Gasteiger partial charge in [-0.25, -0.2) is 13.2 Å². The molecule has 0 saturated heterocycles. The first-order valence-corrected chi connectivity index (χ1v) is 8.50. The van der Waals surface area contributed by atoms with Gasteiger partial charge in [-0.05, 0) is 24.6 Å². The van der Waals surface area contributed by atoms with Gasteiger partial charge in [-0.1, -0.05) is 25.8 Å². The van der Waals surface area contributed by atoms with Crippen molar-refractivity contribution in [1.82, 2.24) is 0 Å². The maximum absolute atomic E-state index is 11.7. The molecule has 0 saturated carbocycles. The number of benzene rings is 1. The van der Waals surface area contributed by atoms with E-state index in [2.05, 4.69) is 5.32 Å². The van der Waals surface area contributed by atoms with Crippen molar-refractivity contribution >= 4 is 27.4 Å². The van der Waals surface area contributed by atoms with Gasteiger partial charge < -0.3 is 10.4 Å². The molecule has 0 aliphatic rings. The molecule has 0 aliphatic heterocycles. The fourth-order valence-corrected chi connectivity index (χ4v) is 3.03. The molecule has 6 nitrogen and oxygen atoms in total. The number of anilines is 1. The molecule has 0 fully saturated rings. The number of aromatic carboxylic acids is 1. The Balaban J connectivity index is 2.61. The van der Waals surface area contributed by atoms with Gasteiger partial charge in [0, 0.05) is 5.69 Å². The van der Waals surface area contributed by atoms with Crippen LogP contribution >= 0.6 is 0 Å². The number of nitrogens with one attached hydrogen (secondary N) is 1. The first kappa shape index (κ1) is 17.2. The maximum Gasteiger partial charge on any atom is 0.335 e.